The van der Waals surface area contributed by atoms with Gasteiger partial charge in [0.15, 0.2) is 0 Å². The van der Waals surface area contributed by atoms with Crippen LogP contribution < -0.4 is 0 Å². The summed E-state index contributed by atoms with van der Waals surface area (Å²) in [6.45, 7) is 0. The van der Waals surface area contributed by atoms with Crippen LogP contribution in [0.15, 0.2) is 24.3 Å². The Kier molecular flexibility index (Phi) is 3.57. The Bertz CT molecular complexity index is 385. The van der Waals surface area contributed by atoms with Crippen LogP contribution in [0.5, 0.6) is 5.75 Å². The molecule has 3 heteroatoms. The molecule has 3 nitrogen and oxygen atoms in total. The van der Waals surface area contributed by atoms with Crippen LogP contribution in [0.2, 0.25) is 0 Å². The summed E-state index contributed by atoms with van der Waals surface area (Å²) < 4.78 is 4.35. The molecule has 0 bridgehead atoms. The average Bonchev–Trinajstić information content (AvgIpc) is 2.17. The van der Waals surface area contributed by atoms with E-state index in [2.05, 4.69) is 16.6 Å². The molecule has 0 saturated heterocycles. The molecule has 72 valence electrons. The molecule has 1 N–H and O–H groups in total. The summed E-state index contributed by atoms with van der Waals surface area (Å²) in [6.07, 6.45) is 0.420. The van der Waals surface area contributed by atoms with E-state index in [4.69, 9.17) is 5.11 Å². The van der Waals surface area contributed by atoms with Crippen LogP contribution in [0.3, 0.4) is 0 Å². The van der Waals surface area contributed by atoms with Gasteiger partial charge in [0.25, 0.3) is 0 Å². The van der Waals surface area contributed by atoms with Crippen molar-refractivity contribution in [2.75, 3.05) is 7.11 Å². The van der Waals surface area contributed by atoms with Crippen molar-refractivity contribution >= 4 is 5.97 Å². The molecule has 1 aromatic rings. The van der Waals surface area contributed by atoms with Crippen molar-refractivity contribution in [3.8, 4) is 17.6 Å². The first-order valence-corrected chi connectivity index (χ1v) is 4.07. The van der Waals surface area contributed by atoms with E-state index >= 15 is 0 Å². The highest BCUT2D eigenvalue weighted by molar-refractivity contribution is 5.88. The summed E-state index contributed by atoms with van der Waals surface area (Å²) in [7, 11) is 1.28. The van der Waals surface area contributed by atoms with Gasteiger partial charge in [-0.25, -0.2) is 4.79 Å². The number of carbonyl (C=O) groups excluding carboxylic acids is 1. The van der Waals surface area contributed by atoms with Crippen molar-refractivity contribution in [3.05, 3.63) is 29.8 Å². The Morgan fingerprint density at radius 1 is 1.57 bits per heavy atom. The maximum Gasteiger partial charge on any atom is 0.384 e. The summed E-state index contributed by atoms with van der Waals surface area (Å²) in [5.74, 6) is 4.60. The lowest BCUT2D eigenvalue weighted by atomic mass is 10.1. The van der Waals surface area contributed by atoms with Crippen molar-refractivity contribution < 1.29 is 14.6 Å². The molecule has 0 aromatic heterocycles. The van der Waals surface area contributed by atoms with Crippen LogP contribution >= 0.6 is 0 Å². The Labute approximate surface area is 82.3 Å². The highest BCUT2D eigenvalue weighted by atomic mass is 16.5. The summed E-state index contributed by atoms with van der Waals surface area (Å²) in [6, 6.07) is 6.74. The van der Waals surface area contributed by atoms with Crippen molar-refractivity contribution in [2.24, 2.45) is 0 Å². The van der Waals surface area contributed by atoms with E-state index in [1.165, 1.54) is 7.11 Å². The predicted molar refractivity (Wildman–Crippen MR) is 51.6 cm³/mol. The third kappa shape index (κ3) is 3.20. The van der Waals surface area contributed by atoms with Crippen LogP contribution in [0.25, 0.3) is 0 Å². The number of hydrogen-bond donors (Lipinski definition) is 1. The van der Waals surface area contributed by atoms with Crippen molar-refractivity contribution in [1.82, 2.24) is 0 Å². The second-order valence-electron chi connectivity index (χ2n) is 2.64. The van der Waals surface area contributed by atoms with Gasteiger partial charge in [0.1, 0.15) is 5.75 Å². The van der Waals surface area contributed by atoms with E-state index in [-0.39, 0.29) is 5.75 Å². The summed E-state index contributed by atoms with van der Waals surface area (Å²) in [5.41, 5.74) is 0.862. The fraction of sp³-hybridized carbons (Fsp3) is 0.182. The summed E-state index contributed by atoms with van der Waals surface area (Å²) in [5, 5.41) is 9.13. The molecule has 0 heterocycles. The highest BCUT2D eigenvalue weighted by Gasteiger charge is 1.92. The lowest BCUT2D eigenvalue weighted by Crippen LogP contribution is -1.94. The number of carbonyl (C=O) groups is 1. The lowest BCUT2D eigenvalue weighted by molar-refractivity contribution is -0.133. The van der Waals surface area contributed by atoms with Gasteiger partial charge < -0.3 is 9.84 Å². The smallest absolute Gasteiger partial charge is 0.384 e. The predicted octanol–water partition coefficient (Wildman–Crippen LogP) is 1.11. The number of phenolic OH excluding ortho intramolecular Hbond substituents is 1. The molecule has 0 aliphatic heterocycles. The van der Waals surface area contributed by atoms with E-state index in [0.717, 1.165) is 5.56 Å². The van der Waals surface area contributed by atoms with Gasteiger partial charge in [0.2, 0.25) is 0 Å². The van der Waals surface area contributed by atoms with Crippen LogP contribution in [-0.2, 0) is 16.0 Å². The Morgan fingerprint density at radius 3 is 3.00 bits per heavy atom. The van der Waals surface area contributed by atoms with Gasteiger partial charge in [-0.05, 0) is 17.7 Å². The number of esters is 1. The van der Waals surface area contributed by atoms with Crippen molar-refractivity contribution in [2.45, 2.75) is 6.42 Å². The first-order valence-electron chi connectivity index (χ1n) is 4.07. The van der Waals surface area contributed by atoms with Crippen molar-refractivity contribution in [3.63, 3.8) is 0 Å². The second-order valence-corrected chi connectivity index (χ2v) is 2.64. The normalized spacial score (nSPS) is 8.64. The number of methoxy groups -OCH3 is 1. The zero-order chi connectivity index (χ0) is 10.4. The molecule has 0 saturated carbocycles. The van der Waals surface area contributed by atoms with Crippen LogP contribution in [-0.4, -0.2) is 18.2 Å². The molecule has 0 unspecified atom stereocenters. The minimum atomic E-state index is -0.551. The minimum Gasteiger partial charge on any atom is -0.508 e. The third-order valence-corrected chi connectivity index (χ3v) is 1.58. The molecule has 14 heavy (non-hydrogen) atoms. The molecule has 1 aromatic carbocycles. The Hall–Kier alpha value is -1.95. The number of benzene rings is 1. The summed E-state index contributed by atoms with van der Waals surface area (Å²) >= 11 is 0. The van der Waals surface area contributed by atoms with Crippen LogP contribution in [0.1, 0.15) is 5.56 Å². The van der Waals surface area contributed by atoms with Crippen molar-refractivity contribution in [1.29, 1.82) is 0 Å². The van der Waals surface area contributed by atoms with Gasteiger partial charge >= 0.3 is 5.97 Å². The number of phenols is 1. The quantitative estimate of drug-likeness (QED) is 0.410. The molecular formula is C11H10O3. The zero-order valence-electron chi connectivity index (χ0n) is 7.78. The lowest BCUT2D eigenvalue weighted by Gasteiger charge is -1.94. The zero-order valence-corrected chi connectivity index (χ0v) is 7.78. The first-order chi connectivity index (χ1) is 6.72. The standard InChI is InChI=1S/C11H10O3/c1-14-11(13)7-3-5-9-4-2-6-10(12)8-9/h2,4,6,8,12H,5H2,1H3. The van der Waals surface area contributed by atoms with E-state index in [9.17, 15) is 4.79 Å². The Balaban J connectivity index is 2.60. The van der Waals surface area contributed by atoms with Crippen LogP contribution in [0, 0.1) is 11.8 Å². The maximum absolute atomic E-state index is 10.6. The number of ether oxygens (including phenoxy) is 1. The Morgan fingerprint density at radius 2 is 2.36 bits per heavy atom. The molecule has 0 radical (unpaired) electrons. The maximum atomic E-state index is 10.6. The molecular weight excluding hydrogens is 180 g/mol. The minimum absolute atomic E-state index is 0.197. The van der Waals surface area contributed by atoms with Gasteiger partial charge in [0, 0.05) is 12.3 Å². The SMILES string of the molecule is COC(=O)C#CCc1cccc(O)c1. The second kappa shape index (κ2) is 4.93. The van der Waals surface area contributed by atoms with Gasteiger partial charge in [-0.15, -0.1) is 0 Å². The fourth-order valence-corrected chi connectivity index (χ4v) is 0.936. The molecule has 1 rings (SSSR count). The van der Waals surface area contributed by atoms with Gasteiger partial charge in [-0.1, -0.05) is 18.1 Å². The molecule has 0 atom stereocenters. The topological polar surface area (TPSA) is 46.5 Å². The van der Waals surface area contributed by atoms with Gasteiger partial charge in [0.05, 0.1) is 7.11 Å². The van der Waals surface area contributed by atoms with E-state index in [1.54, 1.807) is 18.2 Å². The fourth-order valence-electron chi connectivity index (χ4n) is 0.936. The number of rotatable bonds is 1. The number of hydrogen-bond acceptors (Lipinski definition) is 3. The average molecular weight is 190 g/mol. The first kappa shape index (κ1) is 10.1. The van der Waals surface area contributed by atoms with Gasteiger partial charge in [-0.2, -0.15) is 0 Å². The molecule has 0 aliphatic rings. The number of aromatic hydroxyl groups is 1. The van der Waals surface area contributed by atoms with E-state index < -0.39 is 5.97 Å². The largest absolute Gasteiger partial charge is 0.508 e. The summed E-state index contributed by atoms with van der Waals surface area (Å²) in [4.78, 5) is 10.6. The molecule has 0 spiro atoms. The molecule has 0 amide bonds. The van der Waals surface area contributed by atoms with E-state index in [1.807, 2.05) is 6.07 Å². The van der Waals surface area contributed by atoms with Gasteiger partial charge in [-0.3, -0.25) is 0 Å². The molecule has 0 fully saturated rings. The van der Waals surface area contributed by atoms with Crippen LogP contribution in [0.4, 0.5) is 0 Å². The molecule has 0 aliphatic carbocycles. The third-order valence-electron chi connectivity index (χ3n) is 1.58. The highest BCUT2D eigenvalue weighted by Crippen LogP contribution is 2.10. The monoisotopic (exact) mass is 190 g/mol. The van der Waals surface area contributed by atoms with E-state index in [0.29, 0.717) is 6.42 Å².